The molecule has 0 aliphatic carbocycles. The molecule has 0 aliphatic rings. The van der Waals surface area contributed by atoms with Crippen LogP contribution in [0.3, 0.4) is 0 Å². The van der Waals surface area contributed by atoms with Gasteiger partial charge in [0.2, 0.25) is 5.91 Å². The quantitative estimate of drug-likeness (QED) is 0.0239. The van der Waals surface area contributed by atoms with Crippen molar-refractivity contribution in [3.05, 3.63) is 72.9 Å². The predicted molar refractivity (Wildman–Crippen MR) is 252 cm³/mol. The van der Waals surface area contributed by atoms with Gasteiger partial charge in [0, 0.05) is 19.4 Å². The largest absolute Gasteiger partial charge is 0.472 e. The summed E-state index contributed by atoms with van der Waals surface area (Å²) in [6.45, 7) is 3.36. The third-order valence-corrected chi connectivity index (χ3v) is 10.9. The van der Waals surface area contributed by atoms with E-state index in [9.17, 15) is 24.2 Å². The topological polar surface area (TPSA) is 131 Å². The number of carbonyl (C=O) groups is 2. The summed E-state index contributed by atoms with van der Waals surface area (Å²) in [6.07, 6.45) is 57.1. The molecular formula is C50H88NO8P. The Morgan fingerprint density at radius 1 is 0.533 bits per heavy atom. The number of phosphoric acid groups is 1. The lowest BCUT2D eigenvalue weighted by Gasteiger charge is -2.15. The van der Waals surface area contributed by atoms with E-state index in [0.29, 0.717) is 12.8 Å². The number of esters is 1. The maximum Gasteiger partial charge on any atom is 0.472 e. The van der Waals surface area contributed by atoms with Crippen LogP contribution in [0.5, 0.6) is 0 Å². The molecule has 0 aromatic rings. The average molecular weight is 862 g/mol. The van der Waals surface area contributed by atoms with E-state index in [0.717, 1.165) is 57.8 Å². The first-order valence-corrected chi connectivity index (χ1v) is 25.4. The van der Waals surface area contributed by atoms with Crippen LogP contribution in [0.15, 0.2) is 72.9 Å². The van der Waals surface area contributed by atoms with E-state index in [1.165, 1.54) is 109 Å². The molecule has 2 atom stereocenters. The van der Waals surface area contributed by atoms with Crippen molar-refractivity contribution in [2.75, 3.05) is 26.4 Å². The fourth-order valence-corrected chi connectivity index (χ4v) is 7.10. The maximum absolute atomic E-state index is 12.1. The highest BCUT2D eigenvalue weighted by atomic mass is 31.2. The number of hydrogen-bond acceptors (Lipinski definition) is 7. The zero-order valence-corrected chi connectivity index (χ0v) is 39.0. The lowest BCUT2D eigenvalue weighted by atomic mass is 10.0. The molecule has 0 saturated heterocycles. The number of aliphatic hydroxyl groups is 1. The number of ether oxygens (including phenoxy) is 1. The summed E-state index contributed by atoms with van der Waals surface area (Å²) in [6, 6.07) is 0. The number of aliphatic hydroxyl groups excluding tert-OH is 1. The lowest BCUT2D eigenvalue weighted by Crippen LogP contribution is -2.27. The zero-order valence-electron chi connectivity index (χ0n) is 38.1. The van der Waals surface area contributed by atoms with Crippen LogP contribution in [0.2, 0.25) is 0 Å². The van der Waals surface area contributed by atoms with Crippen molar-refractivity contribution >= 4 is 19.7 Å². The standard InChI is InChI=1S/C50H88NO8P/c1-3-5-7-9-11-13-15-17-19-21-23-25-27-29-31-33-35-37-39-41-43-50(54)57-46-48(52)47-59-60(55,56)58-45-44-51-49(53)42-40-38-36-34-32-30-28-26-24-22-20-18-16-14-12-10-8-6-4-2/h6,8,12,14,18,20,24,26,30,32,36,38,48,52H,3-5,7,9-11,13,15-17,19,21-23,25,27-29,31,33-35,37,39-47H2,1-2H3,(H,51,53)(H,55,56)/b8-6-,14-12-,20-18-,26-24-,32-30-,38-36-. The second-order valence-corrected chi connectivity index (χ2v) is 17.2. The fourth-order valence-electron chi connectivity index (χ4n) is 6.35. The summed E-state index contributed by atoms with van der Waals surface area (Å²) in [5.74, 6) is -0.601. The Morgan fingerprint density at radius 3 is 1.37 bits per heavy atom. The van der Waals surface area contributed by atoms with Crippen LogP contribution in [-0.4, -0.2) is 54.3 Å². The number of allylic oxidation sites excluding steroid dienone is 12. The minimum Gasteiger partial charge on any atom is -0.463 e. The zero-order chi connectivity index (χ0) is 43.9. The van der Waals surface area contributed by atoms with Crippen LogP contribution < -0.4 is 5.32 Å². The summed E-state index contributed by atoms with van der Waals surface area (Å²) in [5.41, 5.74) is 0. The number of phosphoric ester groups is 1. The molecule has 10 heteroatoms. The van der Waals surface area contributed by atoms with Crippen molar-refractivity contribution in [3.8, 4) is 0 Å². The van der Waals surface area contributed by atoms with Gasteiger partial charge in [-0.2, -0.15) is 0 Å². The summed E-state index contributed by atoms with van der Waals surface area (Å²) < 4.78 is 26.9. The monoisotopic (exact) mass is 862 g/mol. The van der Waals surface area contributed by atoms with Crippen molar-refractivity contribution in [1.82, 2.24) is 5.32 Å². The van der Waals surface area contributed by atoms with E-state index in [1.807, 2.05) is 12.2 Å². The highest BCUT2D eigenvalue weighted by molar-refractivity contribution is 7.47. The Kier molecular flexibility index (Phi) is 44.0. The van der Waals surface area contributed by atoms with Gasteiger partial charge in [0.25, 0.3) is 0 Å². The van der Waals surface area contributed by atoms with Gasteiger partial charge in [0.15, 0.2) is 0 Å². The summed E-state index contributed by atoms with van der Waals surface area (Å²) in [7, 11) is -4.44. The molecule has 9 nitrogen and oxygen atoms in total. The molecule has 0 aliphatic heterocycles. The summed E-state index contributed by atoms with van der Waals surface area (Å²) >= 11 is 0. The van der Waals surface area contributed by atoms with Gasteiger partial charge in [0.1, 0.15) is 12.7 Å². The minimum atomic E-state index is -4.44. The SMILES string of the molecule is CC/C=C\C/C=C\C/C=C\C/C=C\C/C=C\C/C=C\CCC(=O)NCCOP(=O)(O)OCC(O)COC(=O)CCCCCCCCCCCCCCCCCCCCCC. The van der Waals surface area contributed by atoms with Crippen LogP contribution in [-0.2, 0) is 27.9 Å². The molecule has 0 saturated carbocycles. The minimum absolute atomic E-state index is 0.0379. The van der Waals surface area contributed by atoms with E-state index in [4.69, 9.17) is 13.8 Å². The van der Waals surface area contributed by atoms with E-state index in [1.54, 1.807) is 0 Å². The Balaban J connectivity index is 3.66. The molecule has 0 aromatic carbocycles. The maximum atomic E-state index is 12.1. The van der Waals surface area contributed by atoms with E-state index in [-0.39, 0.29) is 32.1 Å². The summed E-state index contributed by atoms with van der Waals surface area (Å²) in [5, 5.41) is 12.7. The molecule has 60 heavy (non-hydrogen) atoms. The van der Waals surface area contributed by atoms with Crippen LogP contribution in [0.1, 0.15) is 200 Å². The Hall–Kier alpha value is -2.55. The first-order valence-electron chi connectivity index (χ1n) is 23.9. The first-order chi connectivity index (χ1) is 29.3. The van der Waals surface area contributed by atoms with Crippen molar-refractivity contribution in [2.45, 2.75) is 206 Å². The molecular weight excluding hydrogens is 774 g/mol. The Morgan fingerprint density at radius 2 is 0.933 bits per heavy atom. The van der Waals surface area contributed by atoms with Crippen molar-refractivity contribution in [3.63, 3.8) is 0 Å². The van der Waals surface area contributed by atoms with E-state index in [2.05, 4.69) is 79.9 Å². The van der Waals surface area contributed by atoms with Gasteiger partial charge in [-0.1, -0.05) is 209 Å². The van der Waals surface area contributed by atoms with Gasteiger partial charge in [-0.3, -0.25) is 18.6 Å². The van der Waals surface area contributed by atoms with Gasteiger partial charge in [-0.05, 0) is 51.4 Å². The molecule has 0 fully saturated rings. The van der Waals surface area contributed by atoms with E-state index < -0.39 is 26.5 Å². The van der Waals surface area contributed by atoms with Crippen LogP contribution in [0.25, 0.3) is 0 Å². The second-order valence-electron chi connectivity index (χ2n) is 15.7. The van der Waals surface area contributed by atoms with Gasteiger partial charge in [-0.15, -0.1) is 0 Å². The van der Waals surface area contributed by atoms with Gasteiger partial charge in [0.05, 0.1) is 13.2 Å². The predicted octanol–water partition coefficient (Wildman–Crippen LogP) is 13.8. The van der Waals surface area contributed by atoms with Crippen LogP contribution >= 0.6 is 7.82 Å². The summed E-state index contributed by atoms with van der Waals surface area (Å²) in [4.78, 5) is 34.0. The molecule has 0 bridgehead atoms. The Bertz CT molecular complexity index is 1210. The number of rotatable bonds is 44. The lowest BCUT2D eigenvalue weighted by molar-refractivity contribution is -0.147. The third-order valence-electron chi connectivity index (χ3n) is 9.91. The molecule has 0 spiro atoms. The third kappa shape index (κ3) is 46.5. The van der Waals surface area contributed by atoms with Gasteiger partial charge < -0.3 is 20.1 Å². The fraction of sp³-hybridized carbons (Fsp3) is 0.720. The second kappa shape index (κ2) is 46.0. The molecule has 346 valence electrons. The highest BCUT2D eigenvalue weighted by Gasteiger charge is 2.23. The normalized spacial score (nSPS) is 13.9. The molecule has 0 aromatic heterocycles. The first kappa shape index (κ1) is 57.4. The van der Waals surface area contributed by atoms with E-state index >= 15 is 0 Å². The number of carbonyl (C=O) groups excluding carboxylic acids is 2. The smallest absolute Gasteiger partial charge is 0.463 e. The molecule has 1 amide bonds. The number of amides is 1. The number of unbranched alkanes of at least 4 members (excludes halogenated alkanes) is 19. The molecule has 3 N–H and O–H groups in total. The number of hydrogen-bond donors (Lipinski definition) is 3. The molecule has 0 rings (SSSR count). The highest BCUT2D eigenvalue weighted by Crippen LogP contribution is 2.42. The van der Waals surface area contributed by atoms with Crippen molar-refractivity contribution in [2.24, 2.45) is 0 Å². The molecule has 0 heterocycles. The molecule has 0 radical (unpaired) electrons. The van der Waals surface area contributed by atoms with Gasteiger partial charge >= 0.3 is 13.8 Å². The average Bonchev–Trinajstić information content (AvgIpc) is 3.23. The van der Waals surface area contributed by atoms with Crippen LogP contribution in [0.4, 0.5) is 0 Å². The van der Waals surface area contributed by atoms with Crippen LogP contribution in [0, 0.1) is 0 Å². The molecule has 2 unspecified atom stereocenters. The van der Waals surface area contributed by atoms with Gasteiger partial charge in [-0.25, -0.2) is 4.57 Å². The number of nitrogens with one attached hydrogen (secondary N) is 1. The van der Waals surface area contributed by atoms with Crippen molar-refractivity contribution < 1.29 is 37.9 Å². The van der Waals surface area contributed by atoms with Crippen molar-refractivity contribution in [1.29, 1.82) is 0 Å². The Labute approximate surface area is 367 Å².